The van der Waals surface area contributed by atoms with Gasteiger partial charge in [-0.05, 0) is 55.4 Å². The molecule has 0 radical (unpaired) electrons. The second-order valence-electron chi connectivity index (χ2n) is 4.28. The summed E-state index contributed by atoms with van der Waals surface area (Å²) in [6.07, 6.45) is 3.73. The van der Waals surface area contributed by atoms with Gasteiger partial charge in [0.25, 0.3) is 0 Å². The molecule has 15 heavy (non-hydrogen) atoms. The van der Waals surface area contributed by atoms with E-state index in [1.54, 1.807) is 7.11 Å². The predicted molar refractivity (Wildman–Crippen MR) is 67.1 cm³/mol. The highest BCUT2D eigenvalue weighted by Crippen LogP contribution is 2.42. The minimum atomic E-state index is 0.510. The Morgan fingerprint density at radius 3 is 2.80 bits per heavy atom. The van der Waals surface area contributed by atoms with Crippen molar-refractivity contribution < 1.29 is 4.74 Å². The van der Waals surface area contributed by atoms with Gasteiger partial charge in [0, 0.05) is 4.83 Å². The average Bonchev–Trinajstić information content (AvgIpc) is 2.17. The van der Waals surface area contributed by atoms with Crippen LogP contribution in [0.2, 0.25) is 0 Å². The van der Waals surface area contributed by atoms with Crippen LogP contribution in [0.4, 0.5) is 0 Å². The van der Waals surface area contributed by atoms with Crippen molar-refractivity contribution in [1.29, 1.82) is 0 Å². The van der Waals surface area contributed by atoms with Crippen LogP contribution in [-0.4, -0.2) is 7.11 Å². The molecule has 1 unspecified atom stereocenters. The van der Waals surface area contributed by atoms with E-state index in [1.807, 2.05) is 0 Å². The summed E-state index contributed by atoms with van der Waals surface area (Å²) in [6.45, 7) is 4.30. The van der Waals surface area contributed by atoms with Crippen molar-refractivity contribution in [3.63, 3.8) is 0 Å². The number of methoxy groups -OCH3 is 1. The Kier molecular flexibility index (Phi) is 3.06. The fourth-order valence-electron chi connectivity index (χ4n) is 2.64. The molecule has 82 valence electrons. The molecule has 1 nitrogen and oxygen atoms in total. The molecule has 2 heteroatoms. The Hall–Kier alpha value is -0.500. The SMILES string of the molecule is COc1c(C)cc2c(c1C)C(Br)CCC2. The van der Waals surface area contributed by atoms with E-state index in [0.717, 1.165) is 5.75 Å². The smallest absolute Gasteiger partial charge is 0.125 e. The lowest BCUT2D eigenvalue weighted by Gasteiger charge is -2.25. The van der Waals surface area contributed by atoms with E-state index >= 15 is 0 Å². The molecule has 0 bridgehead atoms. The monoisotopic (exact) mass is 268 g/mol. The third-order valence-electron chi connectivity index (χ3n) is 3.26. The van der Waals surface area contributed by atoms with Crippen LogP contribution in [0.3, 0.4) is 0 Å². The molecule has 1 aromatic carbocycles. The van der Waals surface area contributed by atoms with E-state index in [1.165, 1.54) is 41.5 Å². The van der Waals surface area contributed by atoms with E-state index in [2.05, 4.69) is 35.8 Å². The van der Waals surface area contributed by atoms with Gasteiger partial charge in [-0.2, -0.15) is 0 Å². The van der Waals surface area contributed by atoms with Crippen LogP contribution < -0.4 is 4.74 Å². The van der Waals surface area contributed by atoms with Gasteiger partial charge in [0.2, 0.25) is 0 Å². The third-order valence-corrected chi connectivity index (χ3v) is 4.18. The molecule has 0 fully saturated rings. The Balaban J connectivity index is 2.62. The zero-order chi connectivity index (χ0) is 11.0. The van der Waals surface area contributed by atoms with Gasteiger partial charge < -0.3 is 4.74 Å². The van der Waals surface area contributed by atoms with Crippen molar-refractivity contribution in [3.8, 4) is 5.75 Å². The number of halogens is 1. The first kappa shape index (κ1) is 11.0. The lowest BCUT2D eigenvalue weighted by molar-refractivity contribution is 0.407. The topological polar surface area (TPSA) is 9.23 Å². The summed E-state index contributed by atoms with van der Waals surface area (Å²) in [5, 5.41) is 0. The number of aryl methyl sites for hydroxylation is 2. The normalized spacial score (nSPS) is 19.9. The minimum absolute atomic E-state index is 0.510. The molecule has 0 aromatic heterocycles. The Morgan fingerprint density at radius 2 is 2.13 bits per heavy atom. The highest BCUT2D eigenvalue weighted by atomic mass is 79.9. The zero-order valence-corrected chi connectivity index (χ0v) is 11.1. The summed E-state index contributed by atoms with van der Waals surface area (Å²) in [6, 6.07) is 2.29. The van der Waals surface area contributed by atoms with Gasteiger partial charge in [-0.25, -0.2) is 0 Å². The lowest BCUT2D eigenvalue weighted by atomic mass is 9.86. The number of hydrogen-bond donors (Lipinski definition) is 0. The van der Waals surface area contributed by atoms with Crippen molar-refractivity contribution in [2.45, 2.75) is 37.9 Å². The van der Waals surface area contributed by atoms with E-state index in [-0.39, 0.29) is 0 Å². The number of benzene rings is 1. The first-order chi connectivity index (χ1) is 7.15. The molecule has 1 atom stereocenters. The number of fused-ring (bicyclic) bond motifs is 1. The molecule has 1 aliphatic carbocycles. The maximum atomic E-state index is 5.47. The van der Waals surface area contributed by atoms with Gasteiger partial charge >= 0.3 is 0 Å². The predicted octanol–water partition coefficient (Wildman–Crippen LogP) is 4.08. The molecule has 0 saturated heterocycles. The van der Waals surface area contributed by atoms with E-state index in [9.17, 15) is 0 Å². The van der Waals surface area contributed by atoms with Crippen molar-refractivity contribution in [1.82, 2.24) is 0 Å². The highest BCUT2D eigenvalue weighted by Gasteiger charge is 2.22. The molecule has 0 amide bonds. The largest absolute Gasteiger partial charge is 0.496 e. The average molecular weight is 269 g/mol. The molecule has 2 rings (SSSR count). The fourth-order valence-corrected chi connectivity index (χ4v) is 3.60. The standard InChI is InChI=1S/C13H17BrO/c1-8-7-10-5-4-6-11(14)12(10)9(2)13(8)15-3/h7,11H,4-6H2,1-3H3. The van der Waals surface area contributed by atoms with E-state index in [4.69, 9.17) is 4.74 Å². The Bertz CT molecular complexity index is 385. The van der Waals surface area contributed by atoms with E-state index < -0.39 is 0 Å². The van der Waals surface area contributed by atoms with Gasteiger partial charge in [0.05, 0.1) is 7.11 Å². The van der Waals surface area contributed by atoms with Gasteiger partial charge in [-0.3, -0.25) is 0 Å². The number of alkyl halides is 1. The number of hydrogen-bond acceptors (Lipinski definition) is 1. The highest BCUT2D eigenvalue weighted by molar-refractivity contribution is 9.09. The molecular weight excluding hydrogens is 252 g/mol. The van der Waals surface area contributed by atoms with Crippen LogP contribution >= 0.6 is 15.9 Å². The van der Waals surface area contributed by atoms with Gasteiger partial charge in [-0.15, -0.1) is 0 Å². The maximum Gasteiger partial charge on any atom is 0.125 e. The molecule has 0 aliphatic heterocycles. The van der Waals surface area contributed by atoms with Crippen molar-refractivity contribution >= 4 is 15.9 Å². The van der Waals surface area contributed by atoms with E-state index in [0.29, 0.717) is 4.83 Å². The third kappa shape index (κ3) is 1.80. The molecule has 1 aromatic rings. The van der Waals surface area contributed by atoms with Crippen LogP contribution in [-0.2, 0) is 6.42 Å². The summed E-state index contributed by atoms with van der Waals surface area (Å²) in [4.78, 5) is 0.510. The molecule has 0 saturated carbocycles. The summed E-state index contributed by atoms with van der Waals surface area (Å²) in [7, 11) is 1.76. The first-order valence-corrected chi connectivity index (χ1v) is 6.37. The molecular formula is C13H17BrO. The van der Waals surface area contributed by atoms with Crippen LogP contribution in [0.5, 0.6) is 5.75 Å². The second kappa shape index (κ2) is 4.17. The van der Waals surface area contributed by atoms with Gasteiger partial charge in [0.15, 0.2) is 0 Å². The maximum absolute atomic E-state index is 5.47. The summed E-state index contributed by atoms with van der Waals surface area (Å²) < 4.78 is 5.47. The van der Waals surface area contributed by atoms with Crippen molar-refractivity contribution in [2.75, 3.05) is 7.11 Å². The summed E-state index contributed by atoms with van der Waals surface area (Å²) in [5.74, 6) is 1.06. The quantitative estimate of drug-likeness (QED) is 0.698. The molecule has 0 N–H and O–H groups in total. The molecule has 0 heterocycles. The summed E-state index contributed by atoms with van der Waals surface area (Å²) in [5.41, 5.74) is 5.53. The van der Waals surface area contributed by atoms with Crippen LogP contribution in [0.15, 0.2) is 6.07 Å². The fraction of sp³-hybridized carbons (Fsp3) is 0.538. The second-order valence-corrected chi connectivity index (χ2v) is 5.39. The lowest BCUT2D eigenvalue weighted by Crippen LogP contribution is -2.09. The number of ether oxygens (including phenoxy) is 1. The van der Waals surface area contributed by atoms with Crippen molar-refractivity contribution in [2.24, 2.45) is 0 Å². The Morgan fingerprint density at radius 1 is 1.40 bits per heavy atom. The van der Waals surface area contributed by atoms with Crippen molar-refractivity contribution in [3.05, 3.63) is 28.3 Å². The number of rotatable bonds is 1. The van der Waals surface area contributed by atoms with Crippen LogP contribution in [0.1, 0.15) is 39.9 Å². The van der Waals surface area contributed by atoms with Gasteiger partial charge in [0.1, 0.15) is 5.75 Å². The first-order valence-electron chi connectivity index (χ1n) is 5.46. The minimum Gasteiger partial charge on any atom is -0.496 e. The molecule has 0 spiro atoms. The van der Waals surface area contributed by atoms with Crippen LogP contribution in [0, 0.1) is 13.8 Å². The molecule has 1 aliphatic rings. The Labute approximate surface area is 100.0 Å². The zero-order valence-electron chi connectivity index (χ0n) is 9.56. The summed E-state index contributed by atoms with van der Waals surface area (Å²) >= 11 is 3.77. The van der Waals surface area contributed by atoms with Gasteiger partial charge in [-0.1, -0.05) is 22.0 Å². The van der Waals surface area contributed by atoms with Crippen LogP contribution in [0.25, 0.3) is 0 Å².